The summed E-state index contributed by atoms with van der Waals surface area (Å²) in [4.78, 5) is 30.6. The molecule has 134 valence electrons. The molecule has 0 aliphatic carbocycles. The van der Waals surface area contributed by atoms with Gasteiger partial charge in [-0.2, -0.15) is 0 Å². The highest BCUT2D eigenvalue weighted by Gasteiger charge is 2.12. The maximum absolute atomic E-state index is 12.3. The second-order valence-electron chi connectivity index (χ2n) is 6.07. The minimum absolute atomic E-state index is 0.0589. The van der Waals surface area contributed by atoms with E-state index in [1.165, 1.54) is 16.2 Å². The van der Waals surface area contributed by atoms with E-state index in [4.69, 9.17) is 0 Å². The standard InChI is InChI=1S/C18H24N4O2S/c1-5-12(2)21-18-20-11-15(25-18)16(23)19-10-13-7-6-8-14(9-13)17(24)22(3)4/h6-9,11-12H,5,10H2,1-4H3,(H,19,23)(H,20,21)/t12-/m1/s1. The van der Waals surface area contributed by atoms with E-state index in [9.17, 15) is 9.59 Å². The Bertz CT molecular complexity index is 742. The van der Waals surface area contributed by atoms with Gasteiger partial charge < -0.3 is 15.5 Å². The molecule has 1 heterocycles. The zero-order valence-electron chi connectivity index (χ0n) is 15.0. The molecule has 6 nitrogen and oxygen atoms in total. The van der Waals surface area contributed by atoms with Crippen LogP contribution in [0, 0.1) is 0 Å². The van der Waals surface area contributed by atoms with E-state index < -0.39 is 0 Å². The average Bonchev–Trinajstić information content (AvgIpc) is 3.07. The summed E-state index contributed by atoms with van der Waals surface area (Å²) in [6.07, 6.45) is 2.57. The zero-order chi connectivity index (χ0) is 18.4. The van der Waals surface area contributed by atoms with E-state index in [0.29, 0.717) is 23.0 Å². The van der Waals surface area contributed by atoms with Gasteiger partial charge in [0.1, 0.15) is 4.88 Å². The molecule has 0 fully saturated rings. The number of carbonyl (C=O) groups excluding carboxylic acids is 2. The van der Waals surface area contributed by atoms with Crippen molar-refractivity contribution >= 4 is 28.3 Å². The van der Waals surface area contributed by atoms with Crippen LogP contribution in [0.2, 0.25) is 0 Å². The SMILES string of the molecule is CC[C@@H](C)Nc1ncc(C(=O)NCc2cccc(C(=O)N(C)C)c2)s1. The Balaban J connectivity index is 1.96. The molecule has 0 saturated carbocycles. The average molecular weight is 360 g/mol. The number of carbonyl (C=O) groups is 2. The smallest absolute Gasteiger partial charge is 0.263 e. The molecule has 0 aliphatic rings. The molecule has 1 aromatic heterocycles. The van der Waals surface area contributed by atoms with Gasteiger partial charge in [0.25, 0.3) is 11.8 Å². The van der Waals surface area contributed by atoms with Crippen LogP contribution in [0.5, 0.6) is 0 Å². The van der Waals surface area contributed by atoms with Gasteiger partial charge in [-0.25, -0.2) is 4.98 Å². The van der Waals surface area contributed by atoms with Gasteiger partial charge in [0.05, 0.1) is 6.20 Å². The van der Waals surface area contributed by atoms with Gasteiger partial charge in [0.15, 0.2) is 5.13 Å². The molecule has 1 atom stereocenters. The number of thiazole rings is 1. The van der Waals surface area contributed by atoms with Crippen molar-refractivity contribution in [1.82, 2.24) is 15.2 Å². The molecular weight excluding hydrogens is 336 g/mol. The second kappa shape index (κ2) is 8.62. The monoisotopic (exact) mass is 360 g/mol. The van der Waals surface area contributed by atoms with Crippen molar-refractivity contribution in [3.63, 3.8) is 0 Å². The van der Waals surface area contributed by atoms with Gasteiger partial charge in [-0.1, -0.05) is 30.4 Å². The van der Waals surface area contributed by atoms with Crippen LogP contribution in [-0.2, 0) is 6.54 Å². The van der Waals surface area contributed by atoms with Gasteiger partial charge in [0, 0.05) is 32.2 Å². The van der Waals surface area contributed by atoms with Gasteiger partial charge in [0.2, 0.25) is 0 Å². The lowest BCUT2D eigenvalue weighted by atomic mass is 10.1. The highest BCUT2D eigenvalue weighted by Crippen LogP contribution is 2.19. The van der Waals surface area contributed by atoms with Crippen LogP contribution in [0.4, 0.5) is 5.13 Å². The van der Waals surface area contributed by atoms with Gasteiger partial charge >= 0.3 is 0 Å². The lowest BCUT2D eigenvalue weighted by Gasteiger charge is -2.11. The lowest BCUT2D eigenvalue weighted by Crippen LogP contribution is -2.23. The highest BCUT2D eigenvalue weighted by molar-refractivity contribution is 7.17. The van der Waals surface area contributed by atoms with Crippen molar-refractivity contribution in [3.8, 4) is 0 Å². The van der Waals surface area contributed by atoms with Crippen molar-refractivity contribution < 1.29 is 9.59 Å². The van der Waals surface area contributed by atoms with Crippen LogP contribution in [0.1, 0.15) is 45.9 Å². The molecule has 2 N–H and O–H groups in total. The van der Waals surface area contributed by atoms with Crippen molar-refractivity contribution in [2.45, 2.75) is 32.9 Å². The fourth-order valence-electron chi connectivity index (χ4n) is 2.10. The molecule has 2 aromatic rings. The molecular formula is C18H24N4O2S. The maximum Gasteiger partial charge on any atom is 0.263 e. The molecule has 0 aliphatic heterocycles. The number of anilines is 1. The first-order valence-electron chi connectivity index (χ1n) is 8.21. The summed E-state index contributed by atoms with van der Waals surface area (Å²) in [5, 5.41) is 6.87. The Morgan fingerprint density at radius 1 is 1.32 bits per heavy atom. The third kappa shape index (κ3) is 5.29. The first-order chi connectivity index (χ1) is 11.9. The summed E-state index contributed by atoms with van der Waals surface area (Å²) in [7, 11) is 3.43. The predicted octanol–water partition coefficient (Wildman–Crippen LogP) is 2.99. The van der Waals surface area contributed by atoms with Crippen LogP contribution in [-0.4, -0.2) is 41.8 Å². The van der Waals surface area contributed by atoms with Crippen LogP contribution in [0.15, 0.2) is 30.5 Å². The van der Waals surface area contributed by atoms with E-state index in [1.807, 2.05) is 12.1 Å². The number of hydrogen-bond acceptors (Lipinski definition) is 5. The Labute approximate surface area is 152 Å². The van der Waals surface area contributed by atoms with Crippen molar-refractivity contribution in [1.29, 1.82) is 0 Å². The summed E-state index contributed by atoms with van der Waals surface area (Å²) >= 11 is 1.34. The number of benzene rings is 1. The highest BCUT2D eigenvalue weighted by atomic mass is 32.1. The maximum atomic E-state index is 12.3. The van der Waals surface area contributed by atoms with Crippen LogP contribution in [0.25, 0.3) is 0 Å². The number of nitrogens with zero attached hydrogens (tertiary/aromatic N) is 2. The Kier molecular flexibility index (Phi) is 6.52. The van der Waals surface area contributed by atoms with E-state index in [2.05, 4.69) is 29.5 Å². The molecule has 1 aromatic carbocycles. The summed E-state index contributed by atoms with van der Waals surface area (Å²) in [6, 6.07) is 7.59. The number of amides is 2. The lowest BCUT2D eigenvalue weighted by molar-refractivity contribution is 0.0827. The van der Waals surface area contributed by atoms with Crippen LogP contribution >= 0.6 is 11.3 Å². The number of hydrogen-bond donors (Lipinski definition) is 2. The first-order valence-corrected chi connectivity index (χ1v) is 9.03. The molecule has 0 unspecified atom stereocenters. The topological polar surface area (TPSA) is 74.3 Å². The minimum atomic E-state index is -0.168. The third-order valence-electron chi connectivity index (χ3n) is 3.74. The summed E-state index contributed by atoms with van der Waals surface area (Å²) < 4.78 is 0. The van der Waals surface area contributed by atoms with Crippen LogP contribution < -0.4 is 10.6 Å². The summed E-state index contributed by atoms with van der Waals surface area (Å²) in [5.74, 6) is -0.226. The van der Waals surface area contributed by atoms with Crippen molar-refractivity contribution in [2.24, 2.45) is 0 Å². The number of rotatable bonds is 7. The predicted molar refractivity (Wildman–Crippen MR) is 101 cm³/mol. The largest absolute Gasteiger partial charge is 0.359 e. The molecule has 0 spiro atoms. The number of aromatic nitrogens is 1. The second-order valence-corrected chi connectivity index (χ2v) is 7.10. The Morgan fingerprint density at radius 3 is 2.76 bits per heavy atom. The fraction of sp³-hybridized carbons (Fsp3) is 0.389. The summed E-state index contributed by atoms with van der Waals surface area (Å²) in [5.41, 5.74) is 1.48. The normalized spacial score (nSPS) is 11.7. The third-order valence-corrected chi connectivity index (χ3v) is 4.67. The molecule has 7 heteroatoms. The molecule has 2 rings (SSSR count). The molecule has 2 amide bonds. The molecule has 0 saturated heterocycles. The minimum Gasteiger partial charge on any atom is -0.359 e. The zero-order valence-corrected chi connectivity index (χ0v) is 15.8. The van der Waals surface area contributed by atoms with E-state index in [-0.39, 0.29) is 11.8 Å². The summed E-state index contributed by atoms with van der Waals surface area (Å²) in [6.45, 7) is 4.52. The number of nitrogens with one attached hydrogen (secondary N) is 2. The molecule has 0 bridgehead atoms. The quantitative estimate of drug-likeness (QED) is 0.796. The van der Waals surface area contributed by atoms with Gasteiger partial charge in [-0.05, 0) is 31.0 Å². The van der Waals surface area contributed by atoms with E-state index >= 15 is 0 Å². The van der Waals surface area contributed by atoms with Gasteiger partial charge in [-0.15, -0.1) is 0 Å². The Hall–Kier alpha value is -2.41. The van der Waals surface area contributed by atoms with E-state index in [0.717, 1.165) is 17.1 Å². The van der Waals surface area contributed by atoms with Gasteiger partial charge in [-0.3, -0.25) is 9.59 Å². The van der Waals surface area contributed by atoms with Crippen LogP contribution in [0.3, 0.4) is 0 Å². The molecule has 0 radical (unpaired) electrons. The first kappa shape index (κ1) is 18.9. The van der Waals surface area contributed by atoms with Crippen molar-refractivity contribution in [3.05, 3.63) is 46.5 Å². The Morgan fingerprint density at radius 2 is 2.08 bits per heavy atom. The fourth-order valence-corrected chi connectivity index (χ4v) is 2.94. The van der Waals surface area contributed by atoms with E-state index in [1.54, 1.807) is 32.4 Å². The van der Waals surface area contributed by atoms with Crippen molar-refractivity contribution in [2.75, 3.05) is 19.4 Å². The molecule has 25 heavy (non-hydrogen) atoms.